The second-order valence-corrected chi connectivity index (χ2v) is 4.98. The quantitative estimate of drug-likeness (QED) is 0.388. The molecule has 0 radical (unpaired) electrons. The van der Waals surface area contributed by atoms with Crippen LogP contribution in [0.1, 0.15) is 17.3 Å². The number of hydrogen-bond acceptors (Lipinski definition) is 5. The van der Waals surface area contributed by atoms with E-state index in [1.165, 1.54) is 12.3 Å². The van der Waals surface area contributed by atoms with E-state index in [4.69, 9.17) is 45.4 Å². The van der Waals surface area contributed by atoms with Crippen molar-refractivity contribution in [3.8, 4) is 0 Å². The van der Waals surface area contributed by atoms with E-state index in [-0.39, 0.29) is 27.9 Å². The first-order valence-corrected chi connectivity index (χ1v) is 6.74. The van der Waals surface area contributed by atoms with E-state index >= 15 is 0 Å². The highest BCUT2D eigenvalue weighted by Gasteiger charge is 2.20. The van der Waals surface area contributed by atoms with Crippen LogP contribution in [0.3, 0.4) is 0 Å². The number of esters is 1. The summed E-state index contributed by atoms with van der Waals surface area (Å²) in [4.78, 5) is 16.0. The summed E-state index contributed by atoms with van der Waals surface area (Å²) in [6.07, 6.45) is 1.33. The van der Waals surface area contributed by atoms with E-state index in [9.17, 15) is 4.79 Å². The van der Waals surface area contributed by atoms with Crippen molar-refractivity contribution >= 4 is 57.4 Å². The van der Waals surface area contributed by atoms with Gasteiger partial charge in [-0.3, -0.25) is 10.8 Å². The summed E-state index contributed by atoms with van der Waals surface area (Å²) < 4.78 is 4.94. The summed E-state index contributed by atoms with van der Waals surface area (Å²) in [6.45, 7) is 1.92. The third-order valence-corrected chi connectivity index (χ3v) is 3.70. The fourth-order valence-corrected chi connectivity index (χ4v) is 2.53. The SMILES string of the molecule is CCOC(=O)c1cnc2c(Cl)cc(Cl)c(Cl)c2c1NN. The average Bonchev–Trinajstić information content (AvgIpc) is 2.43. The molecule has 8 heteroatoms. The minimum atomic E-state index is -0.568. The predicted octanol–water partition coefficient (Wildman–Crippen LogP) is 3.66. The number of nitrogens with two attached hydrogens (primary N) is 1. The normalized spacial score (nSPS) is 10.7. The zero-order valence-corrected chi connectivity index (χ0v) is 12.6. The Bertz CT molecular complexity index is 691. The van der Waals surface area contributed by atoms with Crippen LogP contribution in [0.4, 0.5) is 5.69 Å². The van der Waals surface area contributed by atoms with Gasteiger partial charge in [-0.1, -0.05) is 34.8 Å². The Balaban J connectivity index is 2.82. The molecular weight excluding hydrogens is 325 g/mol. The first kappa shape index (κ1) is 15.1. The number of aromatic nitrogens is 1. The Kier molecular flexibility index (Phi) is 4.55. The van der Waals surface area contributed by atoms with Crippen molar-refractivity contribution in [1.29, 1.82) is 0 Å². The lowest BCUT2D eigenvalue weighted by Gasteiger charge is -2.13. The summed E-state index contributed by atoms with van der Waals surface area (Å²) in [5, 5.41) is 1.12. The number of carbonyl (C=O) groups excluding carboxylic acids is 1. The van der Waals surface area contributed by atoms with Crippen LogP contribution in [-0.2, 0) is 4.74 Å². The summed E-state index contributed by atoms with van der Waals surface area (Å²) in [5.41, 5.74) is 3.24. The van der Waals surface area contributed by atoms with Crippen LogP contribution in [-0.4, -0.2) is 17.6 Å². The Morgan fingerprint density at radius 2 is 2.10 bits per heavy atom. The molecule has 0 aliphatic rings. The lowest BCUT2D eigenvalue weighted by atomic mass is 10.1. The molecule has 0 spiro atoms. The van der Waals surface area contributed by atoms with Gasteiger partial charge in [0.05, 0.1) is 32.9 Å². The van der Waals surface area contributed by atoms with E-state index in [0.29, 0.717) is 15.9 Å². The molecule has 0 fully saturated rings. The number of rotatable bonds is 3. The number of hydrogen-bond donors (Lipinski definition) is 2. The van der Waals surface area contributed by atoms with Crippen molar-refractivity contribution in [2.45, 2.75) is 6.92 Å². The molecule has 2 aromatic rings. The summed E-state index contributed by atoms with van der Waals surface area (Å²) in [6, 6.07) is 1.48. The topological polar surface area (TPSA) is 77.2 Å². The van der Waals surface area contributed by atoms with Gasteiger partial charge in [0, 0.05) is 11.6 Å². The third-order valence-electron chi connectivity index (χ3n) is 2.63. The molecule has 5 nitrogen and oxygen atoms in total. The average molecular weight is 335 g/mol. The number of nitrogens with one attached hydrogen (secondary N) is 1. The summed E-state index contributed by atoms with van der Waals surface area (Å²) in [7, 11) is 0. The summed E-state index contributed by atoms with van der Waals surface area (Å²) in [5.74, 6) is 4.92. The lowest BCUT2D eigenvalue weighted by Crippen LogP contribution is -2.15. The Hall–Kier alpha value is -1.27. The molecule has 2 rings (SSSR count). The Morgan fingerprint density at radius 3 is 2.70 bits per heavy atom. The molecule has 1 aromatic heterocycles. The molecule has 20 heavy (non-hydrogen) atoms. The number of carbonyl (C=O) groups is 1. The van der Waals surface area contributed by atoms with Crippen molar-refractivity contribution in [1.82, 2.24) is 4.98 Å². The van der Waals surface area contributed by atoms with Gasteiger partial charge in [0.1, 0.15) is 5.56 Å². The number of nitrogens with zero attached hydrogens (tertiary/aromatic N) is 1. The summed E-state index contributed by atoms with van der Waals surface area (Å²) >= 11 is 18.2. The molecule has 0 atom stereocenters. The smallest absolute Gasteiger partial charge is 0.341 e. The first-order chi connectivity index (χ1) is 9.51. The van der Waals surface area contributed by atoms with E-state index in [1.807, 2.05) is 0 Å². The van der Waals surface area contributed by atoms with Crippen molar-refractivity contribution < 1.29 is 9.53 Å². The Labute approximate surface area is 129 Å². The maximum Gasteiger partial charge on any atom is 0.341 e. The minimum Gasteiger partial charge on any atom is -0.462 e. The van der Waals surface area contributed by atoms with E-state index in [2.05, 4.69) is 10.4 Å². The van der Waals surface area contributed by atoms with E-state index in [0.717, 1.165) is 0 Å². The van der Waals surface area contributed by atoms with Crippen molar-refractivity contribution in [2.24, 2.45) is 5.84 Å². The van der Waals surface area contributed by atoms with Gasteiger partial charge in [0.25, 0.3) is 0 Å². The number of benzene rings is 1. The third kappa shape index (κ3) is 2.50. The molecule has 1 heterocycles. The first-order valence-electron chi connectivity index (χ1n) is 5.61. The largest absolute Gasteiger partial charge is 0.462 e. The van der Waals surface area contributed by atoms with Gasteiger partial charge in [0.2, 0.25) is 0 Å². The van der Waals surface area contributed by atoms with Gasteiger partial charge >= 0.3 is 5.97 Å². The van der Waals surface area contributed by atoms with Gasteiger partial charge in [0.15, 0.2) is 0 Å². The number of halogens is 3. The molecule has 1 aromatic carbocycles. The number of anilines is 1. The van der Waals surface area contributed by atoms with Crippen molar-refractivity contribution in [3.05, 3.63) is 32.9 Å². The highest BCUT2D eigenvalue weighted by atomic mass is 35.5. The highest BCUT2D eigenvalue weighted by Crippen LogP contribution is 2.39. The standard InChI is InChI=1S/C12H10Cl3N3O2/c1-2-20-12(19)5-4-17-11-7(14)3-6(13)9(15)8(11)10(5)18-16/h3-4H,2,16H2,1H3,(H,17,18). The molecule has 0 bridgehead atoms. The van der Waals surface area contributed by atoms with Gasteiger partial charge in [-0.05, 0) is 13.0 Å². The van der Waals surface area contributed by atoms with E-state index < -0.39 is 5.97 Å². The van der Waals surface area contributed by atoms with Crippen LogP contribution in [0.5, 0.6) is 0 Å². The van der Waals surface area contributed by atoms with E-state index in [1.54, 1.807) is 6.92 Å². The van der Waals surface area contributed by atoms with Crippen molar-refractivity contribution in [3.63, 3.8) is 0 Å². The van der Waals surface area contributed by atoms with Gasteiger partial charge in [-0.15, -0.1) is 0 Å². The van der Waals surface area contributed by atoms with Crippen LogP contribution in [0, 0.1) is 0 Å². The van der Waals surface area contributed by atoms with Crippen LogP contribution in [0.15, 0.2) is 12.3 Å². The molecule has 0 saturated heterocycles. The second kappa shape index (κ2) is 6.01. The number of ether oxygens (including phenoxy) is 1. The highest BCUT2D eigenvalue weighted by molar-refractivity contribution is 6.48. The molecule has 0 saturated carbocycles. The molecule has 3 N–H and O–H groups in total. The number of fused-ring (bicyclic) bond motifs is 1. The van der Waals surface area contributed by atoms with Gasteiger partial charge in [-0.2, -0.15) is 0 Å². The second-order valence-electron chi connectivity index (χ2n) is 3.79. The fraction of sp³-hybridized carbons (Fsp3) is 0.167. The van der Waals surface area contributed by atoms with Crippen LogP contribution >= 0.6 is 34.8 Å². The monoisotopic (exact) mass is 333 g/mol. The number of pyridine rings is 1. The predicted molar refractivity (Wildman–Crippen MR) is 80.5 cm³/mol. The lowest BCUT2D eigenvalue weighted by molar-refractivity contribution is 0.0527. The Morgan fingerprint density at radius 1 is 1.40 bits per heavy atom. The maximum atomic E-state index is 11.9. The molecule has 106 valence electrons. The molecule has 0 aliphatic heterocycles. The molecule has 0 unspecified atom stereocenters. The fourth-order valence-electron chi connectivity index (χ4n) is 1.78. The number of hydrazine groups is 1. The zero-order chi connectivity index (χ0) is 14.9. The van der Waals surface area contributed by atoms with Crippen molar-refractivity contribution in [2.75, 3.05) is 12.0 Å². The zero-order valence-electron chi connectivity index (χ0n) is 10.3. The molecule has 0 amide bonds. The van der Waals surface area contributed by atoms with Crippen LogP contribution < -0.4 is 11.3 Å². The van der Waals surface area contributed by atoms with Crippen LogP contribution in [0.25, 0.3) is 10.9 Å². The molecule has 0 aliphatic carbocycles. The maximum absolute atomic E-state index is 11.9. The number of nitrogen functional groups attached to an aromatic ring is 1. The minimum absolute atomic E-state index is 0.155. The van der Waals surface area contributed by atoms with Crippen LogP contribution in [0.2, 0.25) is 15.1 Å². The molecular formula is C12H10Cl3N3O2. The van der Waals surface area contributed by atoms with Gasteiger partial charge in [-0.25, -0.2) is 4.79 Å². The van der Waals surface area contributed by atoms with Gasteiger partial charge < -0.3 is 10.2 Å².